The second kappa shape index (κ2) is 3.86. The topological polar surface area (TPSA) is 0 Å². The number of rotatable bonds is 0. The van der Waals surface area contributed by atoms with Crippen LogP contribution in [-0.2, 0) is 9.84 Å². The molecule has 2 atom stereocenters. The summed E-state index contributed by atoms with van der Waals surface area (Å²) in [5, 5.41) is 0. The van der Waals surface area contributed by atoms with Gasteiger partial charge in [-0.1, -0.05) is 64.8 Å². The fourth-order valence-electron chi connectivity index (χ4n) is 3.33. The van der Waals surface area contributed by atoms with E-state index in [2.05, 4.69) is 83.8 Å². The predicted molar refractivity (Wildman–Crippen MR) is 86.7 cm³/mol. The molecule has 4 rings (SSSR count). The Bertz CT molecular complexity index is 744. The second-order valence-corrected chi connectivity index (χ2v) is 7.75. The molecule has 0 amide bonds. The van der Waals surface area contributed by atoms with E-state index >= 15 is 0 Å². The summed E-state index contributed by atoms with van der Waals surface area (Å²) in [5.41, 5.74) is 6.78. The van der Waals surface area contributed by atoms with Crippen LogP contribution in [0.25, 0.3) is 0 Å². The highest BCUT2D eigenvalue weighted by molar-refractivity contribution is 14.1. The summed E-state index contributed by atoms with van der Waals surface area (Å²) in [5.74, 6) is 7.31. The van der Waals surface area contributed by atoms with Crippen molar-refractivity contribution in [3.63, 3.8) is 0 Å². The van der Waals surface area contributed by atoms with Crippen molar-refractivity contribution < 1.29 is 0 Å². The lowest BCUT2D eigenvalue weighted by atomic mass is 9.64. The Balaban J connectivity index is 2.00. The van der Waals surface area contributed by atoms with Gasteiger partial charge in [0.15, 0.2) is 0 Å². The van der Waals surface area contributed by atoms with E-state index in [0.29, 0.717) is 5.92 Å². The third kappa shape index (κ3) is 1.53. The van der Waals surface area contributed by atoms with Crippen LogP contribution in [0.3, 0.4) is 0 Å². The summed E-state index contributed by atoms with van der Waals surface area (Å²) >= 11 is 2.61. The maximum absolute atomic E-state index is 3.38. The molecule has 1 heteroatoms. The zero-order valence-electron chi connectivity index (χ0n) is 10.7. The van der Waals surface area contributed by atoms with Gasteiger partial charge in [-0.15, -0.1) is 0 Å². The first-order valence-electron chi connectivity index (χ1n) is 6.60. The molecule has 0 aromatic heterocycles. The third-order valence-electron chi connectivity index (χ3n) is 4.41. The number of hydrogen-bond acceptors (Lipinski definition) is 0. The van der Waals surface area contributed by atoms with Gasteiger partial charge in [0, 0.05) is 17.0 Å². The Morgan fingerprint density at radius 1 is 1.05 bits per heavy atom. The van der Waals surface area contributed by atoms with Gasteiger partial charge in [-0.25, -0.2) is 0 Å². The number of hydrogen-bond donors (Lipinski definition) is 0. The van der Waals surface area contributed by atoms with E-state index in [1.54, 1.807) is 0 Å². The predicted octanol–water partition coefficient (Wildman–Crippen LogP) is 4.39. The van der Waals surface area contributed by atoms with Gasteiger partial charge in [0.1, 0.15) is 0 Å². The van der Waals surface area contributed by atoms with E-state index in [0.717, 1.165) is 6.42 Å². The van der Waals surface area contributed by atoms with Crippen molar-refractivity contribution in [1.29, 1.82) is 0 Å². The van der Waals surface area contributed by atoms with Crippen LogP contribution in [0.1, 0.15) is 40.7 Å². The van der Waals surface area contributed by atoms with E-state index < -0.39 is 0 Å². The van der Waals surface area contributed by atoms with Gasteiger partial charge < -0.3 is 0 Å². The van der Waals surface area contributed by atoms with Gasteiger partial charge in [0.05, 0.1) is 3.42 Å². The average molecular weight is 356 g/mol. The molecule has 0 radical (unpaired) electrons. The van der Waals surface area contributed by atoms with Gasteiger partial charge in [-0.2, -0.15) is 0 Å². The number of fused-ring (bicyclic) bond motifs is 1. The van der Waals surface area contributed by atoms with Gasteiger partial charge in [-0.05, 0) is 42.2 Å². The molecule has 2 aliphatic carbocycles. The summed E-state index contributed by atoms with van der Waals surface area (Å²) in [7, 11) is 0. The molecule has 2 aromatic carbocycles. The molecule has 0 saturated heterocycles. The Kier molecular flexibility index (Phi) is 2.35. The monoisotopic (exact) mass is 356 g/mol. The number of halogens is 1. The minimum absolute atomic E-state index is 0.245. The molecule has 19 heavy (non-hydrogen) atoms. The lowest BCUT2D eigenvalue weighted by Crippen LogP contribution is -2.38. The van der Waals surface area contributed by atoms with Gasteiger partial charge in [0.2, 0.25) is 0 Å². The smallest absolute Gasteiger partial charge is 0.0517 e. The fraction of sp³-hybridized carbons (Fsp3) is 0.222. The Labute approximate surface area is 127 Å². The van der Waals surface area contributed by atoms with Crippen LogP contribution in [0, 0.1) is 11.8 Å². The van der Waals surface area contributed by atoms with Crippen molar-refractivity contribution in [1.82, 2.24) is 0 Å². The van der Waals surface area contributed by atoms with E-state index in [1.165, 1.54) is 27.8 Å². The highest BCUT2D eigenvalue weighted by Crippen LogP contribution is 2.58. The summed E-state index contributed by atoms with van der Waals surface area (Å²) in [6.07, 6.45) is 1.11. The molecule has 2 aromatic rings. The Morgan fingerprint density at radius 2 is 1.79 bits per heavy atom. The third-order valence-corrected chi connectivity index (χ3v) is 5.74. The summed E-state index contributed by atoms with van der Waals surface area (Å²) in [6, 6.07) is 15.1. The molecule has 0 saturated carbocycles. The van der Waals surface area contributed by atoms with Gasteiger partial charge in [0.25, 0.3) is 0 Å². The van der Waals surface area contributed by atoms with E-state index in [-0.39, 0.29) is 3.42 Å². The van der Waals surface area contributed by atoms with E-state index in [4.69, 9.17) is 0 Å². The maximum atomic E-state index is 3.38. The van der Waals surface area contributed by atoms with E-state index in [1.807, 2.05) is 0 Å². The first kappa shape index (κ1) is 11.5. The van der Waals surface area contributed by atoms with Crippen molar-refractivity contribution in [3.05, 3.63) is 70.3 Å². The van der Waals surface area contributed by atoms with Gasteiger partial charge >= 0.3 is 0 Å². The standard InChI is InChI=1S/C18H13I/c1-18(19)15-8-4-7-13-10-9-12-5-2-3-6-14(12)11-16(18)17(13)15/h2-8,16H,11H2,1H3/t16?,18-/m0/s1. The number of alkyl halides is 1. The minimum Gasteiger partial charge on any atom is -0.0733 e. The maximum Gasteiger partial charge on any atom is 0.0517 e. The van der Waals surface area contributed by atoms with Crippen LogP contribution in [0.4, 0.5) is 0 Å². The largest absolute Gasteiger partial charge is 0.0733 e. The zero-order chi connectivity index (χ0) is 13.0. The second-order valence-electron chi connectivity index (χ2n) is 5.51. The summed E-state index contributed by atoms with van der Waals surface area (Å²) in [4.78, 5) is 0. The molecular formula is C18H13I. The van der Waals surface area contributed by atoms with Crippen LogP contribution >= 0.6 is 22.6 Å². The molecule has 92 valence electrons. The van der Waals surface area contributed by atoms with Crippen LogP contribution in [0.15, 0.2) is 42.5 Å². The molecule has 0 fully saturated rings. The highest BCUT2D eigenvalue weighted by Gasteiger charge is 2.47. The molecule has 0 heterocycles. The van der Waals surface area contributed by atoms with E-state index in [9.17, 15) is 0 Å². The molecule has 0 nitrogen and oxygen atoms in total. The lowest BCUT2D eigenvalue weighted by Gasteiger charge is -2.46. The first-order chi connectivity index (χ1) is 9.18. The molecule has 0 aliphatic heterocycles. The van der Waals surface area contributed by atoms with Gasteiger partial charge in [-0.3, -0.25) is 0 Å². The first-order valence-corrected chi connectivity index (χ1v) is 7.68. The highest BCUT2D eigenvalue weighted by atomic mass is 127. The van der Waals surface area contributed by atoms with Crippen molar-refractivity contribution in [3.8, 4) is 11.8 Å². The quantitative estimate of drug-likeness (QED) is 0.373. The summed E-state index contributed by atoms with van der Waals surface area (Å²) < 4.78 is 0.245. The van der Waals surface area contributed by atoms with Crippen LogP contribution in [0.5, 0.6) is 0 Å². The SMILES string of the molecule is C[C@]1(I)c2cccc3c2C1Cc1ccccc1C#C3. The molecule has 2 aliphatic rings. The molecule has 0 N–H and O–H groups in total. The molecule has 0 bridgehead atoms. The lowest BCUT2D eigenvalue weighted by molar-refractivity contribution is 0.474. The van der Waals surface area contributed by atoms with Crippen molar-refractivity contribution in [2.45, 2.75) is 22.7 Å². The van der Waals surface area contributed by atoms with Crippen LogP contribution in [0.2, 0.25) is 0 Å². The van der Waals surface area contributed by atoms with Crippen LogP contribution < -0.4 is 0 Å². The fourth-order valence-corrected chi connectivity index (χ4v) is 4.33. The average Bonchev–Trinajstić information content (AvgIpc) is 2.40. The minimum atomic E-state index is 0.245. The molecule has 0 spiro atoms. The molecular weight excluding hydrogens is 343 g/mol. The van der Waals surface area contributed by atoms with Crippen LogP contribution in [-0.4, -0.2) is 0 Å². The van der Waals surface area contributed by atoms with Crippen molar-refractivity contribution >= 4 is 22.6 Å². The Hall–Kier alpha value is -1.27. The van der Waals surface area contributed by atoms with Crippen molar-refractivity contribution in [2.24, 2.45) is 0 Å². The molecule has 1 unspecified atom stereocenters. The number of benzene rings is 2. The Morgan fingerprint density at radius 3 is 2.68 bits per heavy atom. The summed E-state index contributed by atoms with van der Waals surface area (Å²) in [6.45, 7) is 2.35. The van der Waals surface area contributed by atoms with Crippen molar-refractivity contribution in [2.75, 3.05) is 0 Å². The zero-order valence-corrected chi connectivity index (χ0v) is 12.9. The normalized spacial score (nSPS) is 25.9.